The summed E-state index contributed by atoms with van der Waals surface area (Å²) < 4.78 is 0. The molecule has 9 aromatic rings. The molecule has 0 radical (unpaired) electrons. The van der Waals surface area contributed by atoms with E-state index in [0.29, 0.717) is 0 Å². The normalized spacial score (nSPS) is 11.0. The van der Waals surface area contributed by atoms with Crippen LogP contribution in [-0.2, 0) is 0 Å². The molecular weight excluding hydrogens is 643 g/mol. The summed E-state index contributed by atoms with van der Waals surface area (Å²) in [6.45, 7) is 0. The van der Waals surface area contributed by atoms with Gasteiger partial charge in [-0.25, -0.2) is 0 Å². The van der Waals surface area contributed by atoms with Gasteiger partial charge in [0, 0.05) is 50.9 Å². The zero-order valence-corrected chi connectivity index (χ0v) is 29.2. The lowest BCUT2D eigenvalue weighted by Crippen LogP contribution is -2.13. The first-order valence-electron chi connectivity index (χ1n) is 18.0. The molecule has 53 heavy (non-hydrogen) atoms. The number of nitrogens with zero attached hydrogens (tertiary/aromatic N) is 3. The lowest BCUT2D eigenvalue weighted by molar-refractivity contribution is 1.25. The molecule has 0 heterocycles. The van der Waals surface area contributed by atoms with Gasteiger partial charge in [0.2, 0.25) is 0 Å². The molecule has 0 saturated carbocycles. The molecule has 0 saturated heterocycles. The Hall–Kier alpha value is -7.10. The van der Waals surface area contributed by atoms with E-state index in [1.54, 1.807) is 0 Å². The fourth-order valence-electron chi connectivity index (χ4n) is 7.35. The second-order valence-corrected chi connectivity index (χ2v) is 13.0. The average Bonchev–Trinajstić information content (AvgIpc) is 3.24. The van der Waals surface area contributed by atoms with Gasteiger partial charge in [-0.1, -0.05) is 121 Å². The zero-order valence-electron chi connectivity index (χ0n) is 29.2. The molecular formula is C50H37N3. The monoisotopic (exact) mass is 679 g/mol. The summed E-state index contributed by atoms with van der Waals surface area (Å²) in [6, 6.07) is 79.8. The van der Waals surface area contributed by atoms with Gasteiger partial charge in [0.15, 0.2) is 0 Å². The van der Waals surface area contributed by atoms with Crippen LogP contribution < -0.4 is 14.7 Å². The number of para-hydroxylation sites is 4. The largest absolute Gasteiger partial charge is 0.311 e. The van der Waals surface area contributed by atoms with Gasteiger partial charge in [-0.3, -0.25) is 0 Å². The summed E-state index contributed by atoms with van der Waals surface area (Å²) in [6.07, 6.45) is 0. The predicted octanol–water partition coefficient (Wildman–Crippen LogP) is 14.4. The molecule has 9 rings (SSSR count). The van der Waals surface area contributed by atoms with Crippen LogP contribution in [0.15, 0.2) is 224 Å². The Morgan fingerprint density at radius 3 is 0.981 bits per heavy atom. The van der Waals surface area contributed by atoms with E-state index in [1.807, 2.05) is 0 Å². The van der Waals surface area contributed by atoms with Crippen LogP contribution in [0, 0.1) is 0 Å². The summed E-state index contributed by atoms with van der Waals surface area (Å²) in [7, 11) is 0. The zero-order chi connectivity index (χ0) is 35.4. The maximum Gasteiger partial charge on any atom is 0.0540 e. The Balaban J connectivity index is 1.12. The quantitative estimate of drug-likeness (QED) is 0.141. The Labute approximate surface area is 310 Å². The second kappa shape index (κ2) is 14.3. The number of anilines is 9. The first kappa shape index (κ1) is 31.9. The van der Waals surface area contributed by atoms with Crippen molar-refractivity contribution in [1.82, 2.24) is 0 Å². The number of fused-ring (bicyclic) bond motifs is 3. The van der Waals surface area contributed by atoms with Crippen molar-refractivity contribution in [1.29, 1.82) is 0 Å². The third-order valence-corrected chi connectivity index (χ3v) is 9.79. The van der Waals surface area contributed by atoms with Crippen molar-refractivity contribution in [2.24, 2.45) is 0 Å². The summed E-state index contributed by atoms with van der Waals surface area (Å²) in [5, 5.41) is 4.96. The molecule has 252 valence electrons. The van der Waals surface area contributed by atoms with E-state index < -0.39 is 0 Å². The first-order valence-corrected chi connectivity index (χ1v) is 18.0. The lowest BCUT2D eigenvalue weighted by atomic mass is 10.00. The van der Waals surface area contributed by atoms with Crippen LogP contribution in [0.1, 0.15) is 0 Å². The van der Waals surface area contributed by atoms with Crippen LogP contribution in [-0.4, -0.2) is 0 Å². The second-order valence-electron chi connectivity index (χ2n) is 13.0. The van der Waals surface area contributed by atoms with E-state index in [1.165, 1.54) is 21.5 Å². The highest BCUT2D eigenvalue weighted by Gasteiger charge is 2.19. The fourth-order valence-corrected chi connectivity index (χ4v) is 7.35. The van der Waals surface area contributed by atoms with Crippen molar-refractivity contribution in [3.8, 4) is 0 Å². The van der Waals surface area contributed by atoms with Crippen molar-refractivity contribution in [3.63, 3.8) is 0 Å². The molecule has 0 aliphatic rings. The Bertz CT molecular complexity index is 2550. The van der Waals surface area contributed by atoms with E-state index >= 15 is 0 Å². The standard InChI is InChI=1S/C50H37N3/c1-5-17-39(18-6-1)51(40-19-7-2-8-20-40)43-29-31-44(32-30-43)52(41-21-9-3-10-22-41)45-33-35-46(36-34-45)53(42-23-11-4-12-24-42)50-27-15-26-48-47-25-14-13-16-38(47)28-37-49(48)50/h1-37H. The average molecular weight is 680 g/mol. The molecule has 3 nitrogen and oxygen atoms in total. The topological polar surface area (TPSA) is 9.72 Å². The van der Waals surface area contributed by atoms with Crippen molar-refractivity contribution in [2.45, 2.75) is 0 Å². The van der Waals surface area contributed by atoms with Crippen LogP contribution in [0.25, 0.3) is 21.5 Å². The molecule has 0 unspecified atom stereocenters. The predicted molar refractivity (Wildman–Crippen MR) is 226 cm³/mol. The first-order chi connectivity index (χ1) is 26.3. The molecule has 9 aromatic carbocycles. The van der Waals surface area contributed by atoms with E-state index in [0.717, 1.165) is 51.2 Å². The molecule has 0 amide bonds. The smallest absolute Gasteiger partial charge is 0.0540 e. The highest BCUT2D eigenvalue weighted by molar-refractivity contribution is 6.12. The van der Waals surface area contributed by atoms with Gasteiger partial charge in [0.05, 0.1) is 5.69 Å². The third kappa shape index (κ3) is 6.26. The Morgan fingerprint density at radius 2 is 0.528 bits per heavy atom. The minimum absolute atomic E-state index is 1.08. The molecule has 0 aliphatic heterocycles. The molecule has 0 atom stereocenters. The molecule has 0 fully saturated rings. The van der Waals surface area contributed by atoms with Crippen molar-refractivity contribution < 1.29 is 0 Å². The molecule has 0 N–H and O–H groups in total. The van der Waals surface area contributed by atoms with E-state index in [-0.39, 0.29) is 0 Å². The van der Waals surface area contributed by atoms with Gasteiger partial charge in [-0.05, 0) is 119 Å². The number of benzene rings is 9. The number of rotatable bonds is 9. The van der Waals surface area contributed by atoms with Crippen LogP contribution >= 0.6 is 0 Å². The highest BCUT2D eigenvalue weighted by Crippen LogP contribution is 2.43. The SMILES string of the molecule is c1ccc(N(c2ccccc2)c2ccc(N(c3ccccc3)c3ccc(N(c4ccccc4)c4cccc5c4ccc4ccccc45)cc3)cc2)cc1. The minimum Gasteiger partial charge on any atom is -0.311 e. The lowest BCUT2D eigenvalue weighted by Gasteiger charge is -2.30. The summed E-state index contributed by atoms with van der Waals surface area (Å²) in [4.78, 5) is 6.98. The molecule has 0 aliphatic carbocycles. The maximum atomic E-state index is 2.37. The third-order valence-electron chi connectivity index (χ3n) is 9.79. The number of hydrogen-bond acceptors (Lipinski definition) is 3. The van der Waals surface area contributed by atoms with E-state index in [2.05, 4.69) is 239 Å². The van der Waals surface area contributed by atoms with Gasteiger partial charge in [-0.15, -0.1) is 0 Å². The molecule has 0 spiro atoms. The summed E-state index contributed by atoms with van der Waals surface area (Å²) >= 11 is 0. The van der Waals surface area contributed by atoms with Gasteiger partial charge in [0.25, 0.3) is 0 Å². The number of hydrogen-bond donors (Lipinski definition) is 0. The highest BCUT2D eigenvalue weighted by atomic mass is 15.2. The Morgan fingerprint density at radius 1 is 0.189 bits per heavy atom. The van der Waals surface area contributed by atoms with E-state index in [4.69, 9.17) is 0 Å². The Kier molecular flexibility index (Phi) is 8.57. The van der Waals surface area contributed by atoms with Crippen molar-refractivity contribution in [3.05, 3.63) is 224 Å². The van der Waals surface area contributed by atoms with Gasteiger partial charge >= 0.3 is 0 Å². The van der Waals surface area contributed by atoms with Crippen LogP contribution in [0.2, 0.25) is 0 Å². The van der Waals surface area contributed by atoms with Crippen LogP contribution in [0.3, 0.4) is 0 Å². The molecule has 0 aromatic heterocycles. The van der Waals surface area contributed by atoms with Crippen LogP contribution in [0.5, 0.6) is 0 Å². The van der Waals surface area contributed by atoms with Gasteiger partial charge in [0.1, 0.15) is 0 Å². The van der Waals surface area contributed by atoms with Gasteiger partial charge < -0.3 is 14.7 Å². The fraction of sp³-hybridized carbons (Fsp3) is 0. The van der Waals surface area contributed by atoms with E-state index in [9.17, 15) is 0 Å². The minimum atomic E-state index is 1.08. The van der Waals surface area contributed by atoms with Crippen LogP contribution in [0.4, 0.5) is 51.2 Å². The summed E-state index contributed by atoms with van der Waals surface area (Å²) in [5.41, 5.74) is 9.91. The van der Waals surface area contributed by atoms with Gasteiger partial charge in [-0.2, -0.15) is 0 Å². The van der Waals surface area contributed by atoms with Crippen molar-refractivity contribution >= 4 is 72.7 Å². The maximum absolute atomic E-state index is 2.37. The summed E-state index contributed by atoms with van der Waals surface area (Å²) in [5.74, 6) is 0. The van der Waals surface area contributed by atoms with Crippen molar-refractivity contribution in [2.75, 3.05) is 14.7 Å². The molecule has 3 heteroatoms. The molecule has 0 bridgehead atoms.